The molecule has 1 atom stereocenters. The van der Waals surface area contributed by atoms with E-state index in [2.05, 4.69) is 18.2 Å². The second-order valence-electron chi connectivity index (χ2n) is 2.30. The van der Waals surface area contributed by atoms with E-state index < -0.39 is 0 Å². The molecule has 0 aromatic carbocycles. The molecule has 2 rings (SSSR count). The standard InChI is InChI=1S/C7H8/c1-2-7-4-3-6(1)5-7/h1-2,5-6H,3-4H2. The minimum Gasteiger partial charge on any atom is -0.0773 e. The molecule has 0 fully saturated rings. The molecule has 0 heterocycles. The minimum atomic E-state index is 0.829. The van der Waals surface area contributed by atoms with Crippen molar-refractivity contribution in [3.8, 4) is 0 Å². The molecule has 0 spiro atoms. The van der Waals surface area contributed by atoms with E-state index in [1.165, 1.54) is 12.8 Å². The smallest absolute Gasteiger partial charge is 0.00413 e. The summed E-state index contributed by atoms with van der Waals surface area (Å²) in [6, 6.07) is 0. The Hall–Kier alpha value is -0.520. The van der Waals surface area contributed by atoms with Crippen LogP contribution >= 0.6 is 0 Å². The monoisotopic (exact) mass is 92.1 g/mol. The number of fused-ring (bicyclic) bond motifs is 1. The van der Waals surface area contributed by atoms with Gasteiger partial charge in [0.2, 0.25) is 0 Å². The van der Waals surface area contributed by atoms with Gasteiger partial charge in [-0.05, 0) is 18.8 Å². The number of rotatable bonds is 0. The lowest BCUT2D eigenvalue weighted by Gasteiger charge is -1.97. The Morgan fingerprint density at radius 3 is 2.71 bits per heavy atom. The quantitative estimate of drug-likeness (QED) is 0.428. The molecule has 0 N–H and O–H groups in total. The van der Waals surface area contributed by atoms with E-state index in [1.54, 1.807) is 5.57 Å². The van der Waals surface area contributed by atoms with Crippen molar-refractivity contribution in [1.82, 2.24) is 0 Å². The lowest BCUT2D eigenvalue weighted by atomic mass is 10.1. The summed E-state index contributed by atoms with van der Waals surface area (Å²) in [6.07, 6.45) is 9.61. The van der Waals surface area contributed by atoms with E-state index in [-0.39, 0.29) is 0 Å². The van der Waals surface area contributed by atoms with Gasteiger partial charge in [0.15, 0.2) is 0 Å². The summed E-state index contributed by atoms with van der Waals surface area (Å²) in [7, 11) is 0. The summed E-state index contributed by atoms with van der Waals surface area (Å²) in [5, 5.41) is 0. The first kappa shape index (κ1) is 3.48. The third-order valence-corrected chi connectivity index (χ3v) is 1.75. The van der Waals surface area contributed by atoms with Crippen molar-refractivity contribution in [3.05, 3.63) is 23.8 Å². The summed E-state index contributed by atoms with van der Waals surface area (Å²) in [5.41, 5.74) is 1.56. The van der Waals surface area contributed by atoms with Crippen LogP contribution in [0.4, 0.5) is 0 Å². The largest absolute Gasteiger partial charge is 0.0773 e. The van der Waals surface area contributed by atoms with Gasteiger partial charge in [-0.1, -0.05) is 23.8 Å². The molecule has 0 aliphatic heterocycles. The molecule has 2 aliphatic rings. The van der Waals surface area contributed by atoms with Crippen molar-refractivity contribution < 1.29 is 0 Å². The van der Waals surface area contributed by atoms with E-state index in [9.17, 15) is 0 Å². The molecule has 2 bridgehead atoms. The van der Waals surface area contributed by atoms with E-state index in [0.29, 0.717) is 0 Å². The molecule has 0 radical (unpaired) electrons. The van der Waals surface area contributed by atoms with Crippen LogP contribution in [-0.2, 0) is 0 Å². The van der Waals surface area contributed by atoms with Crippen molar-refractivity contribution >= 4 is 0 Å². The number of hydrogen-bond donors (Lipinski definition) is 0. The molecule has 0 aromatic heterocycles. The number of hydrogen-bond acceptors (Lipinski definition) is 0. The fourth-order valence-electron chi connectivity index (χ4n) is 1.31. The van der Waals surface area contributed by atoms with Gasteiger partial charge in [-0.3, -0.25) is 0 Å². The summed E-state index contributed by atoms with van der Waals surface area (Å²) in [6.45, 7) is 0. The van der Waals surface area contributed by atoms with Gasteiger partial charge < -0.3 is 0 Å². The van der Waals surface area contributed by atoms with Crippen molar-refractivity contribution in [1.29, 1.82) is 0 Å². The predicted molar refractivity (Wildman–Crippen MR) is 29.9 cm³/mol. The highest BCUT2D eigenvalue weighted by Crippen LogP contribution is 2.31. The van der Waals surface area contributed by atoms with Gasteiger partial charge in [-0.25, -0.2) is 0 Å². The van der Waals surface area contributed by atoms with Gasteiger partial charge in [0.1, 0.15) is 0 Å². The minimum absolute atomic E-state index is 0.829. The van der Waals surface area contributed by atoms with Crippen LogP contribution in [0.5, 0.6) is 0 Å². The van der Waals surface area contributed by atoms with Crippen LogP contribution < -0.4 is 0 Å². The fourth-order valence-corrected chi connectivity index (χ4v) is 1.31. The van der Waals surface area contributed by atoms with E-state index in [4.69, 9.17) is 0 Å². The Morgan fingerprint density at radius 1 is 1.57 bits per heavy atom. The Balaban J connectivity index is 2.44. The highest BCUT2D eigenvalue weighted by atomic mass is 14.2. The van der Waals surface area contributed by atoms with Crippen LogP contribution in [0.15, 0.2) is 23.8 Å². The van der Waals surface area contributed by atoms with Crippen molar-refractivity contribution in [2.75, 3.05) is 0 Å². The zero-order chi connectivity index (χ0) is 4.69. The third kappa shape index (κ3) is 0.365. The van der Waals surface area contributed by atoms with Crippen molar-refractivity contribution in [3.63, 3.8) is 0 Å². The van der Waals surface area contributed by atoms with Gasteiger partial charge in [0.25, 0.3) is 0 Å². The van der Waals surface area contributed by atoms with Crippen LogP contribution in [0, 0.1) is 5.92 Å². The maximum absolute atomic E-state index is 2.36. The molecule has 7 heavy (non-hydrogen) atoms. The molecular formula is C7H8. The van der Waals surface area contributed by atoms with Crippen molar-refractivity contribution in [2.45, 2.75) is 12.8 Å². The van der Waals surface area contributed by atoms with E-state index in [0.717, 1.165) is 5.92 Å². The molecule has 0 amide bonds. The average molecular weight is 92.1 g/mol. The summed E-state index contributed by atoms with van der Waals surface area (Å²) in [4.78, 5) is 0. The van der Waals surface area contributed by atoms with Crippen LogP contribution in [0.1, 0.15) is 12.8 Å². The first-order chi connectivity index (χ1) is 3.45. The Morgan fingerprint density at radius 2 is 2.57 bits per heavy atom. The van der Waals surface area contributed by atoms with Gasteiger partial charge in [-0.15, -0.1) is 0 Å². The topological polar surface area (TPSA) is 0 Å². The van der Waals surface area contributed by atoms with Gasteiger partial charge >= 0.3 is 0 Å². The van der Waals surface area contributed by atoms with Crippen LogP contribution in [0.2, 0.25) is 0 Å². The van der Waals surface area contributed by atoms with E-state index >= 15 is 0 Å². The van der Waals surface area contributed by atoms with E-state index in [1.807, 2.05) is 0 Å². The van der Waals surface area contributed by atoms with Crippen LogP contribution in [0.3, 0.4) is 0 Å². The Kier molecular flexibility index (Phi) is 0.498. The molecule has 0 saturated carbocycles. The maximum atomic E-state index is 2.36. The third-order valence-electron chi connectivity index (χ3n) is 1.75. The lowest BCUT2D eigenvalue weighted by Crippen LogP contribution is -1.83. The van der Waals surface area contributed by atoms with Gasteiger partial charge in [-0.2, -0.15) is 0 Å². The Labute approximate surface area is 43.5 Å². The molecule has 1 unspecified atom stereocenters. The fraction of sp³-hybridized carbons (Fsp3) is 0.429. The average Bonchev–Trinajstić information content (AvgIpc) is 2.22. The lowest BCUT2D eigenvalue weighted by molar-refractivity contribution is 0.754. The maximum Gasteiger partial charge on any atom is -0.00413 e. The SMILES string of the molecule is C1=CC2C=C1CC2. The summed E-state index contributed by atoms with van der Waals surface area (Å²) >= 11 is 0. The van der Waals surface area contributed by atoms with Gasteiger partial charge in [0, 0.05) is 0 Å². The van der Waals surface area contributed by atoms with Crippen LogP contribution in [-0.4, -0.2) is 0 Å². The Bertz CT molecular complexity index is 140. The predicted octanol–water partition coefficient (Wildman–Crippen LogP) is 1.89. The highest BCUT2D eigenvalue weighted by Gasteiger charge is 2.15. The first-order valence-corrected chi connectivity index (χ1v) is 2.84. The van der Waals surface area contributed by atoms with Crippen molar-refractivity contribution in [2.24, 2.45) is 5.92 Å². The zero-order valence-corrected chi connectivity index (χ0v) is 4.22. The second kappa shape index (κ2) is 1.00. The molecular weight excluding hydrogens is 84.1 g/mol. The molecule has 0 nitrogen and oxygen atoms in total. The molecule has 36 valence electrons. The normalized spacial score (nSPS) is 34.3. The van der Waals surface area contributed by atoms with Gasteiger partial charge in [0.05, 0.1) is 0 Å². The first-order valence-electron chi connectivity index (χ1n) is 2.84. The zero-order valence-electron chi connectivity index (χ0n) is 4.22. The summed E-state index contributed by atoms with van der Waals surface area (Å²) < 4.78 is 0. The summed E-state index contributed by atoms with van der Waals surface area (Å²) in [5.74, 6) is 0.829. The molecule has 0 heteroatoms. The molecule has 2 aliphatic carbocycles. The van der Waals surface area contributed by atoms with Crippen LogP contribution in [0.25, 0.3) is 0 Å². The molecule has 0 saturated heterocycles. The second-order valence-corrected chi connectivity index (χ2v) is 2.30. The number of allylic oxidation sites excluding steroid dienone is 4. The molecule has 0 aromatic rings. The highest BCUT2D eigenvalue weighted by molar-refractivity contribution is 5.33.